The van der Waals surface area contributed by atoms with Crippen LogP contribution in [0.25, 0.3) is 21.8 Å². The van der Waals surface area contributed by atoms with Crippen molar-refractivity contribution in [2.45, 2.75) is 26.3 Å². The standard InChI is InChI=1S/C24H26N2O2/c1-4-28-14-13-26-23-8-6-5-7-22(23)25-24(26)17(2)18-9-10-20-16-21(27-3)12-11-19(20)15-18/h5-12,15-17H,4,13-14H2,1-3H3. The number of nitrogens with zero attached hydrogens (tertiary/aromatic N) is 2. The van der Waals surface area contributed by atoms with Crippen LogP contribution in [0.5, 0.6) is 5.75 Å². The van der Waals surface area contributed by atoms with Crippen LogP contribution in [0.4, 0.5) is 0 Å². The Morgan fingerprint density at radius 2 is 1.79 bits per heavy atom. The first kappa shape index (κ1) is 18.5. The van der Waals surface area contributed by atoms with E-state index >= 15 is 0 Å². The smallest absolute Gasteiger partial charge is 0.119 e. The first-order valence-corrected chi connectivity index (χ1v) is 9.82. The van der Waals surface area contributed by atoms with Gasteiger partial charge in [-0.1, -0.05) is 43.3 Å². The normalized spacial score (nSPS) is 12.5. The molecule has 1 atom stereocenters. The number of fused-ring (bicyclic) bond motifs is 2. The highest BCUT2D eigenvalue weighted by atomic mass is 16.5. The van der Waals surface area contributed by atoms with Crippen LogP contribution in [0.2, 0.25) is 0 Å². The molecule has 4 aromatic rings. The van der Waals surface area contributed by atoms with E-state index < -0.39 is 0 Å². The lowest BCUT2D eigenvalue weighted by Crippen LogP contribution is -2.12. The molecule has 0 saturated heterocycles. The molecule has 0 aliphatic rings. The molecule has 4 rings (SSSR count). The zero-order valence-electron chi connectivity index (χ0n) is 16.7. The average molecular weight is 374 g/mol. The molecule has 3 aromatic carbocycles. The molecule has 1 unspecified atom stereocenters. The van der Waals surface area contributed by atoms with Gasteiger partial charge >= 0.3 is 0 Å². The van der Waals surface area contributed by atoms with Crippen molar-refractivity contribution in [2.24, 2.45) is 0 Å². The van der Waals surface area contributed by atoms with Crippen LogP contribution in [0.15, 0.2) is 60.7 Å². The van der Waals surface area contributed by atoms with Gasteiger partial charge < -0.3 is 14.0 Å². The molecular weight excluding hydrogens is 348 g/mol. The van der Waals surface area contributed by atoms with Crippen molar-refractivity contribution >= 4 is 21.8 Å². The molecule has 0 spiro atoms. The largest absolute Gasteiger partial charge is 0.497 e. The van der Waals surface area contributed by atoms with Crippen molar-refractivity contribution in [3.63, 3.8) is 0 Å². The molecule has 1 aromatic heterocycles. The van der Waals surface area contributed by atoms with E-state index in [1.54, 1.807) is 7.11 Å². The summed E-state index contributed by atoms with van der Waals surface area (Å²) in [5.41, 5.74) is 3.45. The fourth-order valence-corrected chi connectivity index (χ4v) is 3.75. The first-order valence-electron chi connectivity index (χ1n) is 9.82. The Kier molecular flexibility index (Phi) is 5.31. The Morgan fingerprint density at radius 1 is 1.00 bits per heavy atom. The second-order valence-corrected chi connectivity index (χ2v) is 7.00. The molecule has 0 amide bonds. The molecule has 1 heterocycles. The number of benzene rings is 3. The maximum Gasteiger partial charge on any atom is 0.119 e. The fourth-order valence-electron chi connectivity index (χ4n) is 3.75. The number of hydrogen-bond acceptors (Lipinski definition) is 3. The number of aromatic nitrogens is 2. The zero-order chi connectivity index (χ0) is 19.5. The number of hydrogen-bond donors (Lipinski definition) is 0. The maximum absolute atomic E-state index is 5.62. The van der Waals surface area contributed by atoms with E-state index in [0.717, 1.165) is 35.8 Å². The monoisotopic (exact) mass is 374 g/mol. The highest BCUT2D eigenvalue weighted by Crippen LogP contribution is 2.30. The van der Waals surface area contributed by atoms with E-state index in [9.17, 15) is 0 Å². The Morgan fingerprint density at radius 3 is 2.61 bits per heavy atom. The lowest BCUT2D eigenvalue weighted by atomic mass is 9.97. The SMILES string of the molecule is CCOCCn1c(C(C)c2ccc3cc(OC)ccc3c2)nc2ccccc21. The van der Waals surface area contributed by atoms with Crippen molar-refractivity contribution in [1.29, 1.82) is 0 Å². The van der Waals surface area contributed by atoms with Crippen molar-refractivity contribution in [1.82, 2.24) is 9.55 Å². The molecule has 0 fully saturated rings. The van der Waals surface area contributed by atoms with E-state index in [1.165, 1.54) is 16.3 Å². The Hall–Kier alpha value is -2.85. The lowest BCUT2D eigenvalue weighted by Gasteiger charge is -2.16. The van der Waals surface area contributed by atoms with Crippen LogP contribution in [0.3, 0.4) is 0 Å². The molecular formula is C24H26N2O2. The molecule has 4 nitrogen and oxygen atoms in total. The van der Waals surface area contributed by atoms with Crippen LogP contribution in [-0.2, 0) is 11.3 Å². The Bertz CT molecular complexity index is 1100. The number of para-hydroxylation sites is 2. The van der Waals surface area contributed by atoms with Gasteiger partial charge in [-0.25, -0.2) is 4.98 Å². The predicted octanol–water partition coefficient (Wildman–Crippen LogP) is 5.39. The number of methoxy groups -OCH3 is 1. The number of rotatable bonds is 7. The summed E-state index contributed by atoms with van der Waals surface area (Å²) in [5.74, 6) is 2.14. The van der Waals surface area contributed by atoms with Gasteiger partial charge in [-0.05, 0) is 47.5 Å². The van der Waals surface area contributed by atoms with Crippen molar-refractivity contribution < 1.29 is 9.47 Å². The third-order valence-electron chi connectivity index (χ3n) is 5.31. The van der Waals surface area contributed by atoms with Gasteiger partial charge in [0.25, 0.3) is 0 Å². The van der Waals surface area contributed by atoms with Gasteiger partial charge in [0.15, 0.2) is 0 Å². The van der Waals surface area contributed by atoms with Crippen LogP contribution in [0, 0.1) is 0 Å². The molecule has 0 aliphatic carbocycles. The zero-order valence-corrected chi connectivity index (χ0v) is 16.7. The summed E-state index contributed by atoms with van der Waals surface area (Å²) in [6.45, 7) is 6.47. The van der Waals surface area contributed by atoms with Crippen molar-refractivity contribution in [3.05, 3.63) is 72.1 Å². The molecule has 0 saturated carbocycles. The van der Waals surface area contributed by atoms with Gasteiger partial charge in [-0.2, -0.15) is 0 Å². The average Bonchev–Trinajstić information content (AvgIpc) is 3.11. The van der Waals surface area contributed by atoms with E-state index in [2.05, 4.69) is 60.0 Å². The lowest BCUT2D eigenvalue weighted by molar-refractivity contribution is 0.139. The minimum atomic E-state index is 0.181. The van der Waals surface area contributed by atoms with E-state index in [-0.39, 0.29) is 5.92 Å². The summed E-state index contributed by atoms with van der Waals surface area (Å²) in [7, 11) is 1.70. The van der Waals surface area contributed by atoms with Crippen LogP contribution in [-0.4, -0.2) is 29.9 Å². The van der Waals surface area contributed by atoms with Gasteiger partial charge in [-0.3, -0.25) is 0 Å². The summed E-state index contributed by atoms with van der Waals surface area (Å²) >= 11 is 0. The molecule has 0 N–H and O–H groups in total. The summed E-state index contributed by atoms with van der Waals surface area (Å²) in [6, 6.07) is 21.1. The Labute approximate surface area is 165 Å². The van der Waals surface area contributed by atoms with Crippen molar-refractivity contribution in [2.75, 3.05) is 20.3 Å². The highest BCUT2D eigenvalue weighted by molar-refractivity contribution is 5.85. The predicted molar refractivity (Wildman–Crippen MR) is 114 cm³/mol. The minimum absolute atomic E-state index is 0.181. The van der Waals surface area contributed by atoms with Gasteiger partial charge in [-0.15, -0.1) is 0 Å². The number of imidazole rings is 1. The summed E-state index contributed by atoms with van der Waals surface area (Å²) in [5, 5.41) is 2.39. The topological polar surface area (TPSA) is 36.3 Å². The summed E-state index contributed by atoms with van der Waals surface area (Å²) in [6.07, 6.45) is 0. The first-order chi connectivity index (χ1) is 13.7. The van der Waals surface area contributed by atoms with E-state index in [1.807, 2.05) is 19.1 Å². The molecule has 0 radical (unpaired) electrons. The van der Waals surface area contributed by atoms with E-state index in [4.69, 9.17) is 14.5 Å². The van der Waals surface area contributed by atoms with Gasteiger partial charge in [0.1, 0.15) is 11.6 Å². The molecule has 144 valence electrons. The third kappa shape index (κ3) is 3.48. The quantitative estimate of drug-likeness (QED) is 0.407. The molecule has 0 aliphatic heterocycles. The van der Waals surface area contributed by atoms with Gasteiger partial charge in [0.05, 0.1) is 24.8 Å². The van der Waals surface area contributed by atoms with Crippen LogP contribution in [0.1, 0.15) is 31.2 Å². The third-order valence-corrected chi connectivity index (χ3v) is 5.31. The van der Waals surface area contributed by atoms with Crippen molar-refractivity contribution in [3.8, 4) is 5.75 Å². The molecule has 0 bridgehead atoms. The number of ether oxygens (including phenoxy) is 2. The fraction of sp³-hybridized carbons (Fsp3) is 0.292. The van der Waals surface area contributed by atoms with E-state index in [0.29, 0.717) is 6.61 Å². The molecule has 28 heavy (non-hydrogen) atoms. The summed E-state index contributed by atoms with van der Waals surface area (Å²) in [4.78, 5) is 4.96. The second kappa shape index (κ2) is 8.03. The Balaban J connectivity index is 1.74. The van der Waals surface area contributed by atoms with Gasteiger partial charge in [0.2, 0.25) is 0 Å². The highest BCUT2D eigenvalue weighted by Gasteiger charge is 2.18. The summed E-state index contributed by atoms with van der Waals surface area (Å²) < 4.78 is 13.3. The molecule has 4 heteroatoms. The van der Waals surface area contributed by atoms with Gasteiger partial charge in [0, 0.05) is 19.1 Å². The van der Waals surface area contributed by atoms with Crippen LogP contribution < -0.4 is 4.74 Å². The second-order valence-electron chi connectivity index (χ2n) is 7.00. The van der Waals surface area contributed by atoms with Crippen LogP contribution >= 0.6 is 0 Å². The minimum Gasteiger partial charge on any atom is -0.497 e. The maximum atomic E-state index is 5.62.